The first kappa shape index (κ1) is 6.85. The molecule has 3 heterocycles. The largest absolute Gasteiger partial charge is 0.398 e. The van der Waals surface area contributed by atoms with Crippen molar-refractivity contribution in [2.24, 2.45) is 0 Å². The lowest BCUT2D eigenvalue weighted by molar-refractivity contribution is 1.11. The smallest absolute Gasteiger partial charge is 0.161 e. The molecule has 0 saturated carbocycles. The molecule has 13 heavy (non-hydrogen) atoms. The van der Waals surface area contributed by atoms with Gasteiger partial charge >= 0.3 is 0 Å². The number of pyridine rings is 1. The molecule has 3 rings (SSSR count). The van der Waals surface area contributed by atoms with E-state index in [1.165, 1.54) is 0 Å². The van der Waals surface area contributed by atoms with Gasteiger partial charge in [0.1, 0.15) is 11.2 Å². The lowest BCUT2D eigenvalue weighted by Crippen LogP contribution is -1.85. The number of nitrogens with zero attached hydrogens (tertiary/aromatic N) is 3. The molecule has 5 heteroatoms. The number of nitrogens with two attached hydrogens (primary N) is 1. The van der Waals surface area contributed by atoms with Crippen LogP contribution in [-0.4, -0.2) is 14.6 Å². The fourth-order valence-corrected chi connectivity index (χ4v) is 2.33. The summed E-state index contributed by atoms with van der Waals surface area (Å²) in [5.41, 5.74) is 7.46. The van der Waals surface area contributed by atoms with Crippen molar-refractivity contribution >= 4 is 32.9 Å². The van der Waals surface area contributed by atoms with Gasteiger partial charge in [-0.1, -0.05) is 0 Å². The molecule has 2 N–H and O–H groups in total. The van der Waals surface area contributed by atoms with Gasteiger partial charge < -0.3 is 5.73 Å². The van der Waals surface area contributed by atoms with E-state index in [-0.39, 0.29) is 0 Å². The lowest BCUT2D eigenvalue weighted by atomic mass is 10.3. The van der Waals surface area contributed by atoms with E-state index in [9.17, 15) is 0 Å². The average Bonchev–Trinajstić information content (AvgIpc) is 2.70. The fraction of sp³-hybridized carbons (Fsp3) is 0. The van der Waals surface area contributed by atoms with E-state index in [4.69, 9.17) is 5.73 Å². The van der Waals surface area contributed by atoms with E-state index in [1.807, 2.05) is 21.9 Å². The van der Waals surface area contributed by atoms with Crippen LogP contribution < -0.4 is 5.73 Å². The molecular formula is C8H6N4S. The van der Waals surface area contributed by atoms with Gasteiger partial charge in [-0.3, -0.25) is 4.40 Å². The molecule has 0 bridgehead atoms. The van der Waals surface area contributed by atoms with Crippen LogP contribution in [0, 0.1) is 0 Å². The second kappa shape index (κ2) is 2.20. The van der Waals surface area contributed by atoms with E-state index in [0.29, 0.717) is 0 Å². The minimum absolute atomic E-state index is 0.815. The summed E-state index contributed by atoms with van der Waals surface area (Å²) in [6.07, 6.45) is 1.70. The van der Waals surface area contributed by atoms with Crippen molar-refractivity contribution in [1.29, 1.82) is 0 Å². The number of anilines is 1. The van der Waals surface area contributed by atoms with Gasteiger partial charge in [0.25, 0.3) is 0 Å². The molecular weight excluding hydrogens is 184 g/mol. The van der Waals surface area contributed by atoms with E-state index in [0.717, 1.165) is 21.6 Å². The highest BCUT2D eigenvalue weighted by atomic mass is 32.1. The number of nitrogen functional groups attached to an aromatic ring is 1. The fourth-order valence-electron chi connectivity index (χ4n) is 1.40. The van der Waals surface area contributed by atoms with Crippen LogP contribution in [0.1, 0.15) is 0 Å². The van der Waals surface area contributed by atoms with Crippen LogP contribution in [0.25, 0.3) is 15.9 Å². The molecule has 0 aromatic carbocycles. The Labute approximate surface area is 77.6 Å². The molecule has 0 aliphatic heterocycles. The molecule has 0 fully saturated rings. The van der Waals surface area contributed by atoms with Crippen molar-refractivity contribution in [2.45, 2.75) is 0 Å². The standard InChI is InChI=1S/C8H6N4S/c9-6-3-13-8-5(6)1-2-7-11-10-4-12(7)8/h1-4H,9H2. The van der Waals surface area contributed by atoms with Crippen molar-refractivity contribution in [3.63, 3.8) is 0 Å². The SMILES string of the molecule is Nc1csc2c1ccc1nncn12. The normalized spacial score (nSPS) is 11.4. The Kier molecular flexibility index (Phi) is 1.16. The minimum Gasteiger partial charge on any atom is -0.398 e. The zero-order chi connectivity index (χ0) is 8.84. The van der Waals surface area contributed by atoms with Crippen molar-refractivity contribution in [2.75, 3.05) is 5.73 Å². The Morgan fingerprint density at radius 1 is 1.38 bits per heavy atom. The first-order valence-electron chi connectivity index (χ1n) is 3.82. The molecule has 0 aliphatic carbocycles. The van der Waals surface area contributed by atoms with Crippen LogP contribution in [0.4, 0.5) is 5.69 Å². The van der Waals surface area contributed by atoms with E-state index < -0.39 is 0 Å². The monoisotopic (exact) mass is 190 g/mol. The van der Waals surface area contributed by atoms with E-state index in [2.05, 4.69) is 10.2 Å². The Bertz CT molecular complexity index is 580. The maximum atomic E-state index is 5.79. The summed E-state index contributed by atoms with van der Waals surface area (Å²) < 4.78 is 1.94. The van der Waals surface area contributed by atoms with Crippen molar-refractivity contribution in [3.8, 4) is 0 Å². The molecule has 3 aromatic heterocycles. The van der Waals surface area contributed by atoms with Crippen LogP contribution in [0.3, 0.4) is 0 Å². The first-order chi connectivity index (χ1) is 6.36. The van der Waals surface area contributed by atoms with Gasteiger partial charge in [0.05, 0.1) is 5.69 Å². The third kappa shape index (κ3) is 0.790. The summed E-state index contributed by atoms with van der Waals surface area (Å²) in [7, 11) is 0. The van der Waals surface area contributed by atoms with Crippen LogP contribution in [0.15, 0.2) is 23.8 Å². The Morgan fingerprint density at radius 3 is 3.23 bits per heavy atom. The minimum atomic E-state index is 0.815. The third-order valence-corrected chi connectivity index (χ3v) is 3.04. The predicted octanol–water partition coefficient (Wildman–Crippen LogP) is 1.53. The van der Waals surface area contributed by atoms with E-state index in [1.54, 1.807) is 17.7 Å². The maximum absolute atomic E-state index is 5.79. The van der Waals surface area contributed by atoms with Crippen LogP contribution in [0.2, 0.25) is 0 Å². The van der Waals surface area contributed by atoms with Gasteiger partial charge in [-0.05, 0) is 12.1 Å². The Hall–Kier alpha value is -1.62. The van der Waals surface area contributed by atoms with Gasteiger partial charge in [-0.2, -0.15) is 0 Å². The zero-order valence-electron chi connectivity index (χ0n) is 6.64. The van der Waals surface area contributed by atoms with E-state index >= 15 is 0 Å². The molecule has 0 amide bonds. The van der Waals surface area contributed by atoms with Gasteiger partial charge in [-0.25, -0.2) is 0 Å². The maximum Gasteiger partial charge on any atom is 0.161 e. The van der Waals surface area contributed by atoms with Crippen molar-refractivity contribution in [1.82, 2.24) is 14.6 Å². The topological polar surface area (TPSA) is 56.2 Å². The number of hydrogen-bond acceptors (Lipinski definition) is 4. The molecule has 0 atom stereocenters. The summed E-state index contributed by atoms with van der Waals surface area (Å²) in [5, 5.41) is 10.8. The number of rotatable bonds is 0. The third-order valence-electron chi connectivity index (χ3n) is 2.03. The number of fused-ring (bicyclic) bond motifs is 3. The summed E-state index contributed by atoms with van der Waals surface area (Å²) in [4.78, 5) is 1.10. The average molecular weight is 190 g/mol. The highest BCUT2D eigenvalue weighted by Crippen LogP contribution is 2.27. The lowest BCUT2D eigenvalue weighted by Gasteiger charge is -1.94. The predicted molar refractivity (Wildman–Crippen MR) is 52.8 cm³/mol. The number of aromatic nitrogens is 3. The summed E-state index contributed by atoms with van der Waals surface area (Å²) in [5.74, 6) is 0. The summed E-state index contributed by atoms with van der Waals surface area (Å²) in [6.45, 7) is 0. The molecule has 0 radical (unpaired) electrons. The van der Waals surface area contributed by atoms with Gasteiger partial charge in [-0.15, -0.1) is 21.5 Å². The molecule has 0 saturated heterocycles. The molecule has 0 unspecified atom stereocenters. The second-order valence-electron chi connectivity index (χ2n) is 2.80. The first-order valence-corrected chi connectivity index (χ1v) is 4.69. The van der Waals surface area contributed by atoms with Crippen molar-refractivity contribution < 1.29 is 0 Å². The van der Waals surface area contributed by atoms with Gasteiger partial charge in [0.15, 0.2) is 5.65 Å². The Balaban J connectivity index is 2.66. The van der Waals surface area contributed by atoms with Crippen LogP contribution >= 0.6 is 11.3 Å². The summed E-state index contributed by atoms with van der Waals surface area (Å²) >= 11 is 1.61. The zero-order valence-corrected chi connectivity index (χ0v) is 7.45. The molecule has 64 valence electrons. The highest BCUT2D eigenvalue weighted by Gasteiger charge is 2.04. The van der Waals surface area contributed by atoms with Crippen molar-refractivity contribution in [3.05, 3.63) is 23.8 Å². The Morgan fingerprint density at radius 2 is 2.31 bits per heavy atom. The molecule has 4 nitrogen and oxygen atoms in total. The van der Waals surface area contributed by atoms with Crippen LogP contribution in [0.5, 0.6) is 0 Å². The van der Waals surface area contributed by atoms with Gasteiger partial charge in [0, 0.05) is 10.8 Å². The van der Waals surface area contributed by atoms with Crippen LogP contribution in [-0.2, 0) is 0 Å². The number of hydrogen-bond donors (Lipinski definition) is 1. The van der Waals surface area contributed by atoms with Gasteiger partial charge in [0.2, 0.25) is 0 Å². The molecule has 3 aromatic rings. The summed E-state index contributed by atoms with van der Waals surface area (Å²) in [6, 6.07) is 3.89. The molecule has 0 spiro atoms. The highest BCUT2D eigenvalue weighted by molar-refractivity contribution is 7.17. The number of thiophene rings is 1. The molecule has 0 aliphatic rings. The second-order valence-corrected chi connectivity index (χ2v) is 3.66. The quantitative estimate of drug-likeness (QED) is 0.584.